The zero-order valence-corrected chi connectivity index (χ0v) is 16.2. The van der Waals surface area contributed by atoms with Gasteiger partial charge in [-0.1, -0.05) is 41.4 Å². The molecule has 0 spiro atoms. The van der Waals surface area contributed by atoms with Crippen molar-refractivity contribution in [2.45, 2.75) is 13.8 Å². The number of nitrogens with zero attached hydrogens (tertiary/aromatic N) is 2. The Morgan fingerprint density at radius 2 is 1.89 bits per heavy atom. The van der Waals surface area contributed by atoms with Gasteiger partial charge in [0.25, 0.3) is 11.8 Å². The Morgan fingerprint density at radius 3 is 2.68 bits per heavy atom. The summed E-state index contributed by atoms with van der Waals surface area (Å²) >= 11 is 6.18. The van der Waals surface area contributed by atoms with Gasteiger partial charge in [-0.2, -0.15) is 5.10 Å². The molecule has 6 nitrogen and oxygen atoms in total. The summed E-state index contributed by atoms with van der Waals surface area (Å²) in [5, 5.41) is 7.66. The molecule has 3 rings (SSSR count). The summed E-state index contributed by atoms with van der Waals surface area (Å²) < 4.78 is 0. The second kappa shape index (κ2) is 8.63. The normalized spacial score (nSPS) is 11.0. The molecule has 0 aliphatic carbocycles. The Balaban J connectivity index is 1.57. The standard InChI is InChI=1S/C21H19ClN4O2/c1-13-4-3-5-16(8-13)21(28)23-12-19(27)26-24-11-17-10-15-7-6-14(2)9-18(15)25-20(17)22/h3-11H,12H2,1-2H3,(H,23,28)(H,26,27)/b24-11+. The first-order valence-electron chi connectivity index (χ1n) is 8.66. The Bertz CT molecular complexity index is 1080. The Hall–Kier alpha value is -3.25. The molecule has 28 heavy (non-hydrogen) atoms. The monoisotopic (exact) mass is 394 g/mol. The van der Waals surface area contributed by atoms with Gasteiger partial charge in [0.1, 0.15) is 5.15 Å². The summed E-state index contributed by atoms with van der Waals surface area (Å²) in [5.41, 5.74) is 6.31. The van der Waals surface area contributed by atoms with Crippen molar-refractivity contribution in [1.82, 2.24) is 15.7 Å². The van der Waals surface area contributed by atoms with Crippen LogP contribution in [0.15, 0.2) is 53.6 Å². The number of carbonyl (C=O) groups excluding carboxylic acids is 2. The molecule has 0 fully saturated rings. The average molecular weight is 395 g/mol. The highest BCUT2D eigenvalue weighted by Gasteiger charge is 2.08. The predicted molar refractivity (Wildman–Crippen MR) is 111 cm³/mol. The number of halogens is 1. The molecule has 0 saturated heterocycles. The van der Waals surface area contributed by atoms with Crippen molar-refractivity contribution >= 4 is 40.5 Å². The number of hydrazone groups is 1. The number of amides is 2. The molecule has 2 N–H and O–H groups in total. The molecule has 0 saturated carbocycles. The molecule has 2 amide bonds. The van der Waals surface area contributed by atoms with Crippen LogP contribution in [0.1, 0.15) is 27.0 Å². The average Bonchev–Trinajstić information content (AvgIpc) is 2.66. The van der Waals surface area contributed by atoms with Gasteiger partial charge in [0, 0.05) is 16.5 Å². The van der Waals surface area contributed by atoms with Crippen LogP contribution in [0.4, 0.5) is 0 Å². The summed E-state index contributed by atoms with van der Waals surface area (Å²) in [6.07, 6.45) is 1.43. The molecular weight excluding hydrogens is 376 g/mol. The molecule has 0 radical (unpaired) electrons. The molecule has 1 aromatic heterocycles. The number of pyridine rings is 1. The minimum Gasteiger partial charge on any atom is -0.343 e. The lowest BCUT2D eigenvalue weighted by Crippen LogP contribution is -2.34. The van der Waals surface area contributed by atoms with E-state index in [0.29, 0.717) is 16.3 Å². The molecule has 0 unspecified atom stereocenters. The number of aromatic nitrogens is 1. The minimum absolute atomic E-state index is 0.187. The van der Waals surface area contributed by atoms with Crippen LogP contribution in [0.3, 0.4) is 0 Å². The van der Waals surface area contributed by atoms with Crippen LogP contribution < -0.4 is 10.7 Å². The molecule has 1 heterocycles. The third-order valence-corrected chi connectivity index (χ3v) is 4.34. The van der Waals surface area contributed by atoms with Crippen molar-refractivity contribution < 1.29 is 9.59 Å². The van der Waals surface area contributed by atoms with Crippen LogP contribution in [0.25, 0.3) is 10.9 Å². The van der Waals surface area contributed by atoms with Crippen molar-refractivity contribution in [1.29, 1.82) is 0 Å². The summed E-state index contributed by atoms with van der Waals surface area (Å²) in [6, 6.07) is 14.8. The van der Waals surface area contributed by atoms with Gasteiger partial charge in [-0.25, -0.2) is 10.4 Å². The number of benzene rings is 2. The van der Waals surface area contributed by atoms with Crippen LogP contribution in [0, 0.1) is 13.8 Å². The highest BCUT2D eigenvalue weighted by Crippen LogP contribution is 2.20. The molecule has 2 aromatic carbocycles. The third-order valence-electron chi connectivity index (χ3n) is 4.04. The lowest BCUT2D eigenvalue weighted by atomic mass is 10.1. The van der Waals surface area contributed by atoms with E-state index < -0.39 is 5.91 Å². The second-order valence-electron chi connectivity index (χ2n) is 6.41. The molecule has 0 atom stereocenters. The quantitative estimate of drug-likeness (QED) is 0.395. The van der Waals surface area contributed by atoms with E-state index in [0.717, 1.165) is 22.0 Å². The molecule has 0 aliphatic heterocycles. The maximum Gasteiger partial charge on any atom is 0.259 e. The molecular formula is C21H19ClN4O2. The fraction of sp³-hybridized carbons (Fsp3) is 0.143. The van der Waals surface area contributed by atoms with Crippen molar-refractivity contribution in [3.8, 4) is 0 Å². The van der Waals surface area contributed by atoms with E-state index in [1.165, 1.54) is 6.21 Å². The van der Waals surface area contributed by atoms with Crippen LogP contribution in [-0.4, -0.2) is 29.6 Å². The van der Waals surface area contributed by atoms with Gasteiger partial charge in [0.2, 0.25) is 0 Å². The summed E-state index contributed by atoms with van der Waals surface area (Å²) in [7, 11) is 0. The van der Waals surface area contributed by atoms with E-state index >= 15 is 0 Å². The van der Waals surface area contributed by atoms with Gasteiger partial charge in [0.05, 0.1) is 18.3 Å². The van der Waals surface area contributed by atoms with Gasteiger partial charge in [-0.15, -0.1) is 0 Å². The van der Waals surface area contributed by atoms with Crippen molar-refractivity contribution in [3.63, 3.8) is 0 Å². The lowest BCUT2D eigenvalue weighted by molar-refractivity contribution is -0.120. The third kappa shape index (κ3) is 4.92. The fourth-order valence-electron chi connectivity index (χ4n) is 2.62. The first kappa shape index (κ1) is 19.5. The zero-order chi connectivity index (χ0) is 20.1. The van der Waals surface area contributed by atoms with Gasteiger partial charge < -0.3 is 5.32 Å². The lowest BCUT2D eigenvalue weighted by Gasteiger charge is -2.05. The van der Waals surface area contributed by atoms with Gasteiger partial charge in [-0.05, 0) is 43.7 Å². The Labute approximate surface area is 167 Å². The number of rotatable bonds is 5. The van der Waals surface area contributed by atoms with Crippen LogP contribution in [0.2, 0.25) is 5.15 Å². The number of carbonyl (C=O) groups is 2. The van der Waals surface area contributed by atoms with Crippen molar-refractivity contribution in [2.24, 2.45) is 5.10 Å². The number of hydrogen-bond donors (Lipinski definition) is 2. The fourth-order valence-corrected chi connectivity index (χ4v) is 2.82. The van der Waals surface area contributed by atoms with Crippen LogP contribution >= 0.6 is 11.6 Å². The summed E-state index contributed by atoms with van der Waals surface area (Å²) in [4.78, 5) is 28.3. The number of fused-ring (bicyclic) bond motifs is 1. The Kier molecular flexibility index (Phi) is 6.01. The summed E-state index contributed by atoms with van der Waals surface area (Å²) in [6.45, 7) is 3.69. The largest absolute Gasteiger partial charge is 0.343 e. The van der Waals surface area contributed by atoms with Crippen molar-refractivity contribution in [2.75, 3.05) is 6.54 Å². The molecule has 3 aromatic rings. The maximum absolute atomic E-state index is 12.0. The first-order chi connectivity index (χ1) is 13.4. The molecule has 7 heteroatoms. The van der Waals surface area contributed by atoms with Gasteiger partial charge in [-0.3, -0.25) is 9.59 Å². The van der Waals surface area contributed by atoms with E-state index in [9.17, 15) is 9.59 Å². The molecule has 142 valence electrons. The zero-order valence-electron chi connectivity index (χ0n) is 15.5. The van der Waals surface area contributed by atoms with Crippen LogP contribution in [0.5, 0.6) is 0 Å². The minimum atomic E-state index is -0.447. The van der Waals surface area contributed by atoms with E-state index in [1.807, 2.05) is 44.2 Å². The Morgan fingerprint density at radius 1 is 1.11 bits per heavy atom. The van der Waals surface area contributed by atoms with Gasteiger partial charge >= 0.3 is 0 Å². The predicted octanol–water partition coefficient (Wildman–Crippen LogP) is 3.39. The van der Waals surface area contributed by atoms with Crippen LogP contribution in [-0.2, 0) is 4.79 Å². The van der Waals surface area contributed by atoms with E-state index in [1.54, 1.807) is 18.2 Å². The highest BCUT2D eigenvalue weighted by molar-refractivity contribution is 6.32. The topological polar surface area (TPSA) is 83.5 Å². The molecule has 0 aliphatic rings. The smallest absolute Gasteiger partial charge is 0.259 e. The SMILES string of the molecule is Cc1cccc(C(=O)NCC(=O)N/N=C/c2cc3ccc(C)cc3nc2Cl)c1. The second-order valence-corrected chi connectivity index (χ2v) is 6.77. The highest BCUT2D eigenvalue weighted by atomic mass is 35.5. The number of aryl methyl sites for hydroxylation is 2. The number of nitrogens with one attached hydrogen (secondary N) is 2. The van der Waals surface area contributed by atoms with E-state index in [-0.39, 0.29) is 12.5 Å². The van der Waals surface area contributed by atoms with E-state index in [4.69, 9.17) is 11.6 Å². The van der Waals surface area contributed by atoms with Crippen molar-refractivity contribution in [3.05, 3.63) is 75.9 Å². The molecule has 0 bridgehead atoms. The maximum atomic E-state index is 12.0. The summed E-state index contributed by atoms with van der Waals surface area (Å²) in [5.74, 6) is -0.766. The van der Waals surface area contributed by atoms with Gasteiger partial charge in [0.15, 0.2) is 0 Å². The number of hydrogen-bond acceptors (Lipinski definition) is 4. The van der Waals surface area contributed by atoms with E-state index in [2.05, 4.69) is 20.8 Å². The first-order valence-corrected chi connectivity index (χ1v) is 9.04.